The molecule has 0 N–H and O–H groups in total. The summed E-state index contributed by atoms with van der Waals surface area (Å²) in [7, 11) is 0. The van der Waals surface area contributed by atoms with E-state index in [0.29, 0.717) is 12.0 Å². The molecular weight excluding hydrogens is 262 g/mol. The Hall–Kier alpha value is -1.90. The monoisotopic (exact) mass is 281 g/mol. The second-order valence-corrected chi connectivity index (χ2v) is 6.34. The molecule has 1 unspecified atom stereocenters. The van der Waals surface area contributed by atoms with Crippen molar-refractivity contribution in [3.8, 4) is 0 Å². The zero-order valence-electron chi connectivity index (χ0n) is 12.3. The van der Waals surface area contributed by atoms with Crippen molar-refractivity contribution in [1.29, 1.82) is 0 Å². The van der Waals surface area contributed by atoms with E-state index < -0.39 is 0 Å². The third-order valence-electron chi connectivity index (χ3n) is 5.20. The Morgan fingerprint density at radius 2 is 1.90 bits per heavy atom. The first-order chi connectivity index (χ1) is 10.2. The van der Waals surface area contributed by atoms with Crippen molar-refractivity contribution >= 4 is 11.6 Å². The molecule has 3 aliphatic rings. The minimum absolute atomic E-state index is 0.0606. The maximum atomic E-state index is 12.7. The SMILES string of the molecule is CC1C(=O)C2=C(CCCC2=O)N2CCc3ccccc3[C@@H]12. The van der Waals surface area contributed by atoms with Crippen LogP contribution in [0.5, 0.6) is 0 Å². The molecule has 108 valence electrons. The third kappa shape index (κ3) is 1.73. The van der Waals surface area contributed by atoms with E-state index >= 15 is 0 Å². The Balaban J connectivity index is 1.88. The number of nitrogens with zero attached hydrogens (tertiary/aromatic N) is 1. The van der Waals surface area contributed by atoms with Gasteiger partial charge in [0.05, 0.1) is 11.6 Å². The first kappa shape index (κ1) is 12.8. The zero-order valence-corrected chi connectivity index (χ0v) is 12.3. The molecule has 0 radical (unpaired) electrons. The second-order valence-electron chi connectivity index (χ2n) is 6.34. The average Bonchev–Trinajstić information content (AvgIpc) is 2.51. The van der Waals surface area contributed by atoms with Crippen LogP contribution in [0.2, 0.25) is 0 Å². The van der Waals surface area contributed by atoms with Gasteiger partial charge in [0.2, 0.25) is 0 Å². The average molecular weight is 281 g/mol. The van der Waals surface area contributed by atoms with Crippen molar-refractivity contribution in [2.24, 2.45) is 5.92 Å². The van der Waals surface area contributed by atoms with E-state index in [2.05, 4.69) is 29.2 Å². The van der Waals surface area contributed by atoms with Crippen LogP contribution in [-0.2, 0) is 16.0 Å². The normalized spacial score (nSPS) is 28.1. The fourth-order valence-electron chi connectivity index (χ4n) is 4.21. The maximum Gasteiger partial charge on any atom is 0.173 e. The van der Waals surface area contributed by atoms with Gasteiger partial charge in [0.15, 0.2) is 11.6 Å². The van der Waals surface area contributed by atoms with Crippen molar-refractivity contribution in [1.82, 2.24) is 4.90 Å². The van der Waals surface area contributed by atoms with Gasteiger partial charge in [-0.2, -0.15) is 0 Å². The summed E-state index contributed by atoms with van der Waals surface area (Å²) in [5.74, 6) is -0.00897. The van der Waals surface area contributed by atoms with E-state index in [1.165, 1.54) is 11.1 Å². The highest BCUT2D eigenvalue weighted by atomic mass is 16.2. The summed E-state index contributed by atoms with van der Waals surface area (Å²) in [6, 6.07) is 8.55. The van der Waals surface area contributed by atoms with E-state index in [4.69, 9.17) is 0 Å². The first-order valence-electron chi connectivity index (χ1n) is 7.83. The second kappa shape index (κ2) is 4.55. The van der Waals surface area contributed by atoms with Gasteiger partial charge < -0.3 is 4.90 Å². The highest BCUT2D eigenvalue weighted by Crippen LogP contribution is 2.45. The number of hydrogen-bond acceptors (Lipinski definition) is 3. The fraction of sp³-hybridized carbons (Fsp3) is 0.444. The van der Waals surface area contributed by atoms with Gasteiger partial charge in [0, 0.05) is 24.6 Å². The molecule has 0 bridgehead atoms. The quantitative estimate of drug-likeness (QED) is 0.686. The molecule has 2 aliphatic heterocycles. The van der Waals surface area contributed by atoms with Crippen molar-refractivity contribution < 1.29 is 9.59 Å². The van der Waals surface area contributed by atoms with Crippen LogP contribution in [0.4, 0.5) is 0 Å². The predicted octanol–water partition coefficient (Wildman–Crippen LogP) is 2.81. The Bertz CT molecular complexity index is 674. The van der Waals surface area contributed by atoms with E-state index in [9.17, 15) is 9.59 Å². The number of allylic oxidation sites excluding steroid dienone is 2. The number of Topliss-reactive ketones (excluding diaryl/α,β-unsaturated/α-hetero) is 2. The van der Waals surface area contributed by atoms with Crippen molar-refractivity contribution in [2.75, 3.05) is 6.54 Å². The van der Waals surface area contributed by atoms with Gasteiger partial charge >= 0.3 is 0 Å². The summed E-state index contributed by atoms with van der Waals surface area (Å²) < 4.78 is 0. The van der Waals surface area contributed by atoms with Gasteiger partial charge in [0.1, 0.15) is 0 Å². The summed E-state index contributed by atoms with van der Waals surface area (Å²) in [4.78, 5) is 27.3. The molecule has 0 amide bonds. The van der Waals surface area contributed by atoms with E-state index in [1.54, 1.807) is 0 Å². The molecule has 0 spiro atoms. The standard InChI is InChI=1S/C18H19NO2/c1-11-17-13-6-3-2-5-12(13)9-10-19(17)14-7-4-8-15(20)16(14)18(11)21/h2-3,5-6,11,17H,4,7-10H2,1H3/t11?,17-/m1/s1. The molecule has 1 aliphatic carbocycles. The summed E-state index contributed by atoms with van der Waals surface area (Å²) in [6.07, 6.45) is 3.29. The summed E-state index contributed by atoms with van der Waals surface area (Å²) in [5.41, 5.74) is 4.16. The Morgan fingerprint density at radius 1 is 1.10 bits per heavy atom. The number of rotatable bonds is 0. The van der Waals surface area contributed by atoms with Crippen LogP contribution in [0.1, 0.15) is 43.4 Å². The lowest BCUT2D eigenvalue weighted by Crippen LogP contribution is -2.47. The molecule has 2 atom stereocenters. The lowest BCUT2D eigenvalue weighted by Gasteiger charge is -2.47. The molecule has 1 aromatic carbocycles. The van der Waals surface area contributed by atoms with Crippen LogP contribution < -0.4 is 0 Å². The molecule has 4 rings (SSSR count). The van der Waals surface area contributed by atoms with Gasteiger partial charge in [-0.1, -0.05) is 31.2 Å². The lowest BCUT2D eigenvalue weighted by atomic mass is 9.74. The number of carbonyl (C=O) groups is 2. The first-order valence-corrected chi connectivity index (χ1v) is 7.83. The van der Waals surface area contributed by atoms with Gasteiger partial charge in [-0.3, -0.25) is 9.59 Å². The van der Waals surface area contributed by atoms with Crippen LogP contribution in [0.15, 0.2) is 35.5 Å². The van der Waals surface area contributed by atoms with Gasteiger partial charge in [0.25, 0.3) is 0 Å². The smallest absolute Gasteiger partial charge is 0.173 e. The van der Waals surface area contributed by atoms with Gasteiger partial charge in [-0.15, -0.1) is 0 Å². The Kier molecular flexibility index (Phi) is 2.78. The van der Waals surface area contributed by atoms with Crippen LogP contribution in [-0.4, -0.2) is 23.0 Å². The topological polar surface area (TPSA) is 37.4 Å². The maximum absolute atomic E-state index is 12.7. The van der Waals surface area contributed by atoms with Gasteiger partial charge in [-0.25, -0.2) is 0 Å². The number of benzene rings is 1. The number of ketones is 2. The van der Waals surface area contributed by atoms with E-state index in [-0.39, 0.29) is 23.5 Å². The molecule has 3 heteroatoms. The zero-order chi connectivity index (χ0) is 14.6. The van der Waals surface area contributed by atoms with E-state index in [1.807, 2.05) is 6.92 Å². The number of carbonyl (C=O) groups excluding carboxylic acids is 2. The molecule has 1 aromatic rings. The highest BCUT2D eigenvalue weighted by Gasteiger charge is 2.45. The van der Waals surface area contributed by atoms with Crippen molar-refractivity contribution in [3.63, 3.8) is 0 Å². The number of fused-ring (bicyclic) bond motifs is 4. The van der Waals surface area contributed by atoms with Crippen molar-refractivity contribution in [2.45, 2.75) is 38.6 Å². The summed E-state index contributed by atoms with van der Waals surface area (Å²) in [5, 5.41) is 0. The minimum atomic E-state index is -0.132. The molecule has 0 aromatic heterocycles. The molecule has 21 heavy (non-hydrogen) atoms. The molecule has 0 saturated heterocycles. The largest absolute Gasteiger partial charge is 0.366 e. The van der Waals surface area contributed by atoms with Crippen molar-refractivity contribution in [3.05, 3.63) is 46.7 Å². The highest BCUT2D eigenvalue weighted by molar-refractivity contribution is 6.22. The van der Waals surface area contributed by atoms with Crippen LogP contribution >= 0.6 is 0 Å². The molecule has 0 saturated carbocycles. The molecule has 0 fully saturated rings. The Morgan fingerprint density at radius 3 is 2.76 bits per heavy atom. The van der Waals surface area contributed by atoms with Crippen LogP contribution in [0.3, 0.4) is 0 Å². The molecular formula is C18H19NO2. The van der Waals surface area contributed by atoms with Gasteiger partial charge in [-0.05, 0) is 30.4 Å². The third-order valence-corrected chi connectivity index (χ3v) is 5.20. The minimum Gasteiger partial charge on any atom is -0.366 e. The van der Waals surface area contributed by atoms with E-state index in [0.717, 1.165) is 31.5 Å². The summed E-state index contributed by atoms with van der Waals surface area (Å²) >= 11 is 0. The summed E-state index contributed by atoms with van der Waals surface area (Å²) in [6.45, 7) is 2.90. The number of hydrogen-bond donors (Lipinski definition) is 0. The van der Waals surface area contributed by atoms with Crippen LogP contribution in [0, 0.1) is 5.92 Å². The van der Waals surface area contributed by atoms with Crippen LogP contribution in [0.25, 0.3) is 0 Å². The predicted molar refractivity (Wildman–Crippen MR) is 79.6 cm³/mol. The Labute approximate surface area is 124 Å². The lowest BCUT2D eigenvalue weighted by molar-refractivity contribution is -0.127. The fourth-order valence-corrected chi connectivity index (χ4v) is 4.21. The molecule has 3 nitrogen and oxygen atoms in total. The molecule has 2 heterocycles.